The van der Waals surface area contributed by atoms with Crippen molar-refractivity contribution in [3.05, 3.63) is 28.8 Å². The van der Waals surface area contributed by atoms with Crippen LogP contribution in [0.25, 0.3) is 0 Å². The fraction of sp³-hybridized carbons (Fsp3) is 0.619. The lowest BCUT2D eigenvalue weighted by atomic mass is 10.1. The van der Waals surface area contributed by atoms with Crippen molar-refractivity contribution in [1.29, 1.82) is 0 Å². The summed E-state index contributed by atoms with van der Waals surface area (Å²) >= 11 is 6.26. The monoisotopic (exact) mass is 380 g/mol. The molecule has 1 aromatic carbocycles. The van der Waals surface area contributed by atoms with E-state index in [9.17, 15) is 4.79 Å². The van der Waals surface area contributed by atoms with Crippen molar-refractivity contribution in [2.45, 2.75) is 78.1 Å². The van der Waals surface area contributed by atoms with Crippen LogP contribution in [0.3, 0.4) is 0 Å². The predicted octanol–water partition coefficient (Wildman–Crippen LogP) is 6.11. The van der Waals surface area contributed by atoms with Gasteiger partial charge in [-0.2, -0.15) is 5.10 Å². The summed E-state index contributed by atoms with van der Waals surface area (Å²) in [6.07, 6.45) is 12.8. The van der Waals surface area contributed by atoms with Crippen LogP contribution in [-0.2, 0) is 4.79 Å². The maximum atomic E-state index is 11.5. The molecule has 0 fully saturated rings. The number of hydrogen-bond donors (Lipinski definition) is 1. The highest BCUT2D eigenvalue weighted by Gasteiger charge is 2.03. The molecule has 0 bridgehead atoms. The Morgan fingerprint density at radius 1 is 1.08 bits per heavy atom. The maximum absolute atomic E-state index is 11.5. The number of benzene rings is 1. The first-order valence-corrected chi connectivity index (χ1v) is 10.3. The Labute approximate surface area is 163 Å². The first-order valence-electron chi connectivity index (χ1n) is 9.91. The van der Waals surface area contributed by atoms with Crippen LogP contribution in [0.1, 0.15) is 83.6 Å². The van der Waals surface area contributed by atoms with Gasteiger partial charge < -0.3 is 4.74 Å². The normalized spacial score (nSPS) is 11.0. The lowest BCUT2D eigenvalue weighted by molar-refractivity contribution is -0.121. The van der Waals surface area contributed by atoms with Gasteiger partial charge in [-0.15, -0.1) is 0 Å². The van der Waals surface area contributed by atoms with Crippen molar-refractivity contribution >= 4 is 23.7 Å². The number of carbonyl (C=O) groups excluding carboxylic acids is 1. The van der Waals surface area contributed by atoms with Crippen LogP contribution in [0.5, 0.6) is 5.75 Å². The van der Waals surface area contributed by atoms with Crippen molar-refractivity contribution in [2.75, 3.05) is 6.61 Å². The van der Waals surface area contributed by atoms with Gasteiger partial charge in [0.2, 0.25) is 5.91 Å². The van der Waals surface area contributed by atoms with E-state index in [0.717, 1.165) is 24.8 Å². The number of carbonyl (C=O) groups is 1. The molecular weight excluding hydrogens is 348 g/mol. The Bertz CT molecular complexity index is 547. The van der Waals surface area contributed by atoms with Crippen LogP contribution in [0.2, 0.25) is 5.02 Å². The molecular formula is C21H33ClN2O2. The lowest BCUT2D eigenvalue weighted by Gasteiger charge is -2.08. The molecule has 1 aromatic rings. The van der Waals surface area contributed by atoms with Crippen LogP contribution in [-0.4, -0.2) is 18.7 Å². The molecule has 1 rings (SSSR count). The van der Waals surface area contributed by atoms with Crippen molar-refractivity contribution in [2.24, 2.45) is 5.10 Å². The molecule has 26 heavy (non-hydrogen) atoms. The number of ether oxygens (including phenoxy) is 1. The van der Waals surface area contributed by atoms with Gasteiger partial charge in [0.25, 0.3) is 0 Å². The Morgan fingerprint density at radius 3 is 2.46 bits per heavy atom. The van der Waals surface area contributed by atoms with E-state index in [0.29, 0.717) is 23.8 Å². The molecule has 4 nitrogen and oxygen atoms in total. The number of nitrogens with zero attached hydrogens (tertiary/aromatic N) is 1. The molecule has 0 radical (unpaired) electrons. The molecule has 0 aromatic heterocycles. The van der Waals surface area contributed by atoms with E-state index in [1.807, 2.05) is 12.1 Å². The number of unbranched alkanes of at least 4 members (excludes halogenated alkanes) is 7. The van der Waals surface area contributed by atoms with Gasteiger partial charge in [-0.25, -0.2) is 5.43 Å². The summed E-state index contributed by atoms with van der Waals surface area (Å²) in [6.45, 7) is 4.97. The number of rotatable bonds is 14. The molecule has 1 amide bonds. The fourth-order valence-electron chi connectivity index (χ4n) is 2.53. The second kappa shape index (κ2) is 14.6. The number of nitrogens with one attached hydrogen (secondary N) is 1. The van der Waals surface area contributed by atoms with E-state index in [4.69, 9.17) is 16.3 Å². The number of hydrazone groups is 1. The predicted molar refractivity (Wildman–Crippen MR) is 110 cm³/mol. The highest BCUT2D eigenvalue weighted by molar-refractivity contribution is 6.32. The second-order valence-electron chi connectivity index (χ2n) is 6.56. The zero-order valence-electron chi connectivity index (χ0n) is 16.2. The highest BCUT2D eigenvalue weighted by atomic mass is 35.5. The third-order valence-electron chi connectivity index (χ3n) is 4.12. The topological polar surface area (TPSA) is 50.7 Å². The van der Waals surface area contributed by atoms with Gasteiger partial charge in [0.05, 0.1) is 17.8 Å². The lowest BCUT2D eigenvalue weighted by Crippen LogP contribution is -2.16. The first-order chi connectivity index (χ1) is 12.7. The minimum absolute atomic E-state index is 0.0659. The minimum Gasteiger partial charge on any atom is -0.492 e. The summed E-state index contributed by atoms with van der Waals surface area (Å²) in [5.74, 6) is 0.630. The molecule has 146 valence electrons. The summed E-state index contributed by atoms with van der Waals surface area (Å²) in [5.41, 5.74) is 3.35. The zero-order valence-corrected chi connectivity index (χ0v) is 17.0. The summed E-state index contributed by atoms with van der Waals surface area (Å²) < 4.78 is 5.76. The Morgan fingerprint density at radius 2 is 1.77 bits per heavy atom. The standard InChI is InChI=1S/C21H33ClN2O2/c1-3-5-7-8-9-10-11-15-26-20-14-13-18(16-19(20)22)17-23-24-21(25)12-6-4-2/h13-14,16-17H,3-12,15H2,1-2H3,(H,24,25)/b23-17+. The molecule has 0 atom stereocenters. The SMILES string of the molecule is CCCCCCCCCOc1ccc(/C=N/NC(=O)CCCC)cc1Cl. The smallest absolute Gasteiger partial charge is 0.240 e. The van der Waals surface area contributed by atoms with Gasteiger partial charge in [-0.1, -0.05) is 70.4 Å². The number of hydrogen-bond acceptors (Lipinski definition) is 3. The van der Waals surface area contributed by atoms with Gasteiger partial charge in [-0.05, 0) is 36.6 Å². The molecule has 0 saturated carbocycles. The van der Waals surface area contributed by atoms with Gasteiger partial charge in [0, 0.05) is 6.42 Å². The van der Waals surface area contributed by atoms with Gasteiger partial charge in [0.15, 0.2) is 0 Å². The Kier molecular flexibility index (Phi) is 12.6. The number of amides is 1. The van der Waals surface area contributed by atoms with Crippen LogP contribution < -0.4 is 10.2 Å². The average molecular weight is 381 g/mol. The van der Waals surface area contributed by atoms with Gasteiger partial charge in [0.1, 0.15) is 5.75 Å². The summed E-state index contributed by atoms with van der Waals surface area (Å²) in [4.78, 5) is 11.5. The third kappa shape index (κ3) is 10.4. The fourth-order valence-corrected chi connectivity index (χ4v) is 2.77. The maximum Gasteiger partial charge on any atom is 0.240 e. The van der Waals surface area contributed by atoms with Crippen molar-refractivity contribution in [3.63, 3.8) is 0 Å². The Balaban J connectivity index is 2.28. The van der Waals surface area contributed by atoms with E-state index in [-0.39, 0.29) is 5.91 Å². The molecule has 0 aliphatic heterocycles. The van der Waals surface area contributed by atoms with Crippen LogP contribution in [0, 0.1) is 0 Å². The average Bonchev–Trinajstić information content (AvgIpc) is 2.63. The molecule has 0 saturated heterocycles. The summed E-state index contributed by atoms with van der Waals surface area (Å²) in [5, 5.41) is 4.52. The van der Waals surface area contributed by atoms with E-state index >= 15 is 0 Å². The summed E-state index contributed by atoms with van der Waals surface area (Å²) in [7, 11) is 0. The molecule has 0 aliphatic rings. The quantitative estimate of drug-likeness (QED) is 0.240. The molecule has 0 aliphatic carbocycles. The van der Waals surface area contributed by atoms with E-state index in [1.165, 1.54) is 38.5 Å². The van der Waals surface area contributed by atoms with E-state index in [2.05, 4.69) is 24.4 Å². The molecule has 0 heterocycles. The highest BCUT2D eigenvalue weighted by Crippen LogP contribution is 2.25. The van der Waals surface area contributed by atoms with Crippen LogP contribution >= 0.6 is 11.6 Å². The van der Waals surface area contributed by atoms with Crippen LogP contribution in [0.15, 0.2) is 23.3 Å². The summed E-state index contributed by atoms with van der Waals surface area (Å²) in [6, 6.07) is 5.53. The van der Waals surface area contributed by atoms with Gasteiger partial charge in [-0.3, -0.25) is 4.79 Å². The van der Waals surface area contributed by atoms with E-state index < -0.39 is 0 Å². The first kappa shape index (κ1) is 22.5. The van der Waals surface area contributed by atoms with Crippen molar-refractivity contribution in [3.8, 4) is 5.75 Å². The molecule has 1 N–H and O–H groups in total. The largest absolute Gasteiger partial charge is 0.492 e. The van der Waals surface area contributed by atoms with E-state index in [1.54, 1.807) is 12.3 Å². The zero-order chi connectivity index (χ0) is 19.0. The third-order valence-corrected chi connectivity index (χ3v) is 4.42. The second-order valence-corrected chi connectivity index (χ2v) is 6.96. The minimum atomic E-state index is -0.0659. The molecule has 0 unspecified atom stereocenters. The molecule has 5 heteroatoms. The van der Waals surface area contributed by atoms with Crippen molar-refractivity contribution < 1.29 is 9.53 Å². The molecule has 0 spiro atoms. The van der Waals surface area contributed by atoms with Crippen molar-refractivity contribution in [1.82, 2.24) is 5.43 Å². The van der Waals surface area contributed by atoms with Gasteiger partial charge >= 0.3 is 0 Å². The number of halogens is 1. The Hall–Kier alpha value is -1.55. The van der Waals surface area contributed by atoms with Crippen LogP contribution in [0.4, 0.5) is 0 Å².